The average Bonchev–Trinajstić information content (AvgIpc) is 2.62. The molecule has 0 fully saturated rings. The summed E-state index contributed by atoms with van der Waals surface area (Å²) in [6.45, 7) is 5.11. The SMILES string of the molecule is CCNc1nc(NCC)nc(C(=O)N/N=C\c2ccc(N(C)C)cc2)n1. The Morgan fingerprint density at radius 2 is 1.62 bits per heavy atom. The Balaban J connectivity index is 2.06. The van der Waals surface area contributed by atoms with Crippen molar-refractivity contribution in [1.82, 2.24) is 20.4 Å². The monoisotopic (exact) mass is 356 g/mol. The van der Waals surface area contributed by atoms with Crippen LogP contribution in [0.3, 0.4) is 0 Å². The molecule has 0 saturated carbocycles. The van der Waals surface area contributed by atoms with Gasteiger partial charge in [0.25, 0.3) is 0 Å². The number of hydrazone groups is 1. The van der Waals surface area contributed by atoms with Crippen LogP contribution in [0.25, 0.3) is 0 Å². The summed E-state index contributed by atoms with van der Waals surface area (Å²) in [5.74, 6) is 0.164. The lowest BCUT2D eigenvalue weighted by atomic mass is 10.2. The van der Waals surface area contributed by atoms with Crippen LogP contribution in [-0.4, -0.2) is 54.3 Å². The smallest absolute Gasteiger partial charge is 0.309 e. The zero-order valence-electron chi connectivity index (χ0n) is 15.4. The van der Waals surface area contributed by atoms with Gasteiger partial charge >= 0.3 is 5.91 Å². The van der Waals surface area contributed by atoms with E-state index in [0.29, 0.717) is 25.0 Å². The molecule has 1 amide bonds. The van der Waals surface area contributed by atoms with Crippen molar-refractivity contribution >= 4 is 29.7 Å². The minimum absolute atomic E-state index is 0.00740. The van der Waals surface area contributed by atoms with E-state index in [1.807, 2.05) is 57.1 Å². The second-order valence-corrected chi connectivity index (χ2v) is 5.55. The maximum absolute atomic E-state index is 12.3. The van der Waals surface area contributed by atoms with Gasteiger partial charge in [-0.1, -0.05) is 12.1 Å². The van der Waals surface area contributed by atoms with Crippen LogP contribution in [0.5, 0.6) is 0 Å². The molecule has 0 aliphatic carbocycles. The molecule has 3 N–H and O–H groups in total. The van der Waals surface area contributed by atoms with E-state index in [9.17, 15) is 4.79 Å². The van der Waals surface area contributed by atoms with Crippen LogP contribution in [0.1, 0.15) is 30.0 Å². The average molecular weight is 356 g/mol. The van der Waals surface area contributed by atoms with Crippen LogP contribution in [0.15, 0.2) is 29.4 Å². The van der Waals surface area contributed by atoms with Gasteiger partial charge < -0.3 is 15.5 Å². The van der Waals surface area contributed by atoms with Crippen molar-refractivity contribution in [3.8, 4) is 0 Å². The van der Waals surface area contributed by atoms with E-state index in [1.54, 1.807) is 6.21 Å². The number of hydrogen-bond donors (Lipinski definition) is 3. The molecule has 1 aromatic carbocycles. The highest BCUT2D eigenvalue weighted by Gasteiger charge is 2.12. The first-order valence-electron chi connectivity index (χ1n) is 8.38. The predicted octanol–water partition coefficient (Wildman–Crippen LogP) is 1.57. The zero-order chi connectivity index (χ0) is 18.9. The van der Waals surface area contributed by atoms with Crippen LogP contribution in [0.4, 0.5) is 17.6 Å². The number of carbonyl (C=O) groups excluding carboxylic acids is 1. The Labute approximate surface area is 153 Å². The number of amides is 1. The third-order valence-corrected chi connectivity index (χ3v) is 3.30. The molecule has 138 valence electrons. The first-order chi connectivity index (χ1) is 12.5. The van der Waals surface area contributed by atoms with Gasteiger partial charge in [-0.05, 0) is 31.5 Å². The van der Waals surface area contributed by atoms with E-state index >= 15 is 0 Å². The molecular weight excluding hydrogens is 332 g/mol. The summed E-state index contributed by atoms with van der Waals surface area (Å²) >= 11 is 0. The molecule has 9 heteroatoms. The second-order valence-electron chi connectivity index (χ2n) is 5.55. The molecular formula is C17H24N8O. The molecule has 0 radical (unpaired) electrons. The normalized spacial score (nSPS) is 10.6. The Hall–Kier alpha value is -3.23. The summed E-state index contributed by atoms with van der Waals surface area (Å²) in [6, 6.07) is 7.78. The predicted molar refractivity (Wildman–Crippen MR) is 104 cm³/mol. The number of hydrogen-bond acceptors (Lipinski definition) is 8. The van der Waals surface area contributed by atoms with E-state index in [-0.39, 0.29) is 5.82 Å². The van der Waals surface area contributed by atoms with E-state index in [1.165, 1.54) is 0 Å². The van der Waals surface area contributed by atoms with Gasteiger partial charge in [-0.3, -0.25) is 4.79 Å². The van der Waals surface area contributed by atoms with Crippen molar-refractivity contribution in [3.63, 3.8) is 0 Å². The Bertz CT molecular complexity index is 734. The van der Waals surface area contributed by atoms with Gasteiger partial charge in [0.2, 0.25) is 17.7 Å². The van der Waals surface area contributed by atoms with Crippen LogP contribution < -0.4 is 21.0 Å². The summed E-state index contributed by atoms with van der Waals surface area (Å²) in [4.78, 5) is 26.6. The van der Waals surface area contributed by atoms with E-state index in [4.69, 9.17) is 0 Å². The van der Waals surface area contributed by atoms with Crippen molar-refractivity contribution < 1.29 is 4.79 Å². The first-order valence-corrected chi connectivity index (χ1v) is 8.38. The van der Waals surface area contributed by atoms with Crippen molar-refractivity contribution in [2.24, 2.45) is 5.10 Å². The van der Waals surface area contributed by atoms with Gasteiger partial charge in [-0.15, -0.1) is 0 Å². The summed E-state index contributed by atoms with van der Waals surface area (Å²) in [5, 5.41) is 9.91. The number of carbonyl (C=O) groups is 1. The second kappa shape index (κ2) is 9.30. The van der Waals surface area contributed by atoms with Crippen LogP contribution >= 0.6 is 0 Å². The molecule has 0 unspecified atom stereocenters. The van der Waals surface area contributed by atoms with Gasteiger partial charge in [0.05, 0.1) is 6.21 Å². The topological polar surface area (TPSA) is 107 Å². The molecule has 0 saturated heterocycles. The lowest BCUT2D eigenvalue weighted by Crippen LogP contribution is -2.22. The van der Waals surface area contributed by atoms with Crippen molar-refractivity contribution in [2.75, 3.05) is 42.7 Å². The Kier molecular flexibility index (Phi) is 6.84. The van der Waals surface area contributed by atoms with E-state index < -0.39 is 5.91 Å². The molecule has 0 bridgehead atoms. The highest BCUT2D eigenvalue weighted by molar-refractivity contribution is 5.92. The molecule has 26 heavy (non-hydrogen) atoms. The molecule has 1 aromatic heterocycles. The highest BCUT2D eigenvalue weighted by Crippen LogP contribution is 2.11. The fourth-order valence-electron chi connectivity index (χ4n) is 2.03. The van der Waals surface area contributed by atoms with Crippen LogP contribution in [0, 0.1) is 0 Å². The number of anilines is 3. The largest absolute Gasteiger partial charge is 0.378 e. The van der Waals surface area contributed by atoms with Crippen LogP contribution in [-0.2, 0) is 0 Å². The molecule has 0 atom stereocenters. The maximum atomic E-state index is 12.3. The van der Waals surface area contributed by atoms with Crippen molar-refractivity contribution in [1.29, 1.82) is 0 Å². The Morgan fingerprint density at radius 3 is 2.12 bits per heavy atom. The zero-order valence-corrected chi connectivity index (χ0v) is 15.4. The quantitative estimate of drug-likeness (QED) is 0.487. The fourth-order valence-corrected chi connectivity index (χ4v) is 2.03. The van der Waals surface area contributed by atoms with E-state index in [0.717, 1.165) is 11.3 Å². The van der Waals surface area contributed by atoms with E-state index in [2.05, 4.69) is 36.1 Å². The first kappa shape index (κ1) is 19.1. The van der Waals surface area contributed by atoms with Gasteiger partial charge in [0.15, 0.2) is 0 Å². The van der Waals surface area contributed by atoms with Crippen LogP contribution in [0.2, 0.25) is 0 Å². The molecule has 0 aliphatic rings. The van der Waals surface area contributed by atoms with Gasteiger partial charge in [-0.25, -0.2) is 5.43 Å². The number of rotatable bonds is 8. The minimum atomic E-state index is -0.508. The number of nitrogens with one attached hydrogen (secondary N) is 3. The molecule has 1 heterocycles. The molecule has 2 aromatic rings. The third kappa shape index (κ3) is 5.40. The summed E-state index contributed by atoms with van der Waals surface area (Å²) in [7, 11) is 3.95. The molecule has 9 nitrogen and oxygen atoms in total. The molecule has 0 spiro atoms. The van der Waals surface area contributed by atoms with Gasteiger partial charge in [0, 0.05) is 32.9 Å². The maximum Gasteiger partial charge on any atom is 0.309 e. The number of nitrogens with zero attached hydrogens (tertiary/aromatic N) is 5. The lowest BCUT2D eigenvalue weighted by Gasteiger charge is -2.11. The summed E-state index contributed by atoms with van der Waals surface area (Å²) in [5.41, 5.74) is 4.39. The molecule has 0 aliphatic heterocycles. The third-order valence-electron chi connectivity index (χ3n) is 3.30. The fraction of sp³-hybridized carbons (Fsp3) is 0.353. The minimum Gasteiger partial charge on any atom is -0.378 e. The van der Waals surface area contributed by atoms with Gasteiger partial charge in [-0.2, -0.15) is 20.1 Å². The molecule has 2 rings (SSSR count). The number of benzene rings is 1. The van der Waals surface area contributed by atoms with Crippen molar-refractivity contribution in [2.45, 2.75) is 13.8 Å². The summed E-state index contributed by atoms with van der Waals surface area (Å²) < 4.78 is 0. The summed E-state index contributed by atoms with van der Waals surface area (Å²) in [6.07, 6.45) is 1.56. The number of aromatic nitrogens is 3. The highest BCUT2D eigenvalue weighted by atomic mass is 16.2. The van der Waals surface area contributed by atoms with Gasteiger partial charge in [0.1, 0.15) is 0 Å². The van der Waals surface area contributed by atoms with Crippen molar-refractivity contribution in [3.05, 3.63) is 35.7 Å². The Morgan fingerprint density at radius 1 is 1.04 bits per heavy atom. The standard InChI is InChI=1S/C17H24N8O/c1-5-18-16-21-14(22-17(23-16)19-6-2)15(26)24-20-11-12-7-9-13(10-8-12)25(3)4/h7-11H,5-6H2,1-4H3,(H,24,26)(H2,18,19,21,22,23)/b20-11-. The lowest BCUT2D eigenvalue weighted by molar-refractivity contribution is 0.0944.